The number of aryl methyl sites for hydroxylation is 4. The molecule has 1 atom stereocenters. The summed E-state index contributed by atoms with van der Waals surface area (Å²) in [5.41, 5.74) is 3.04. The van der Waals surface area contributed by atoms with E-state index in [1.54, 1.807) is 10.4 Å². The summed E-state index contributed by atoms with van der Waals surface area (Å²) in [5, 5.41) is 3.69. The molecular weight excluding hydrogens is 282 g/mol. The van der Waals surface area contributed by atoms with E-state index < -0.39 is 0 Å². The van der Waals surface area contributed by atoms with Gasteiger partial charge in [0.25, 0.3) is 0 Å². The lowest BCUT2D eigenvalue weighted by molar-refractivity contribution is 0.586. The van der Waals surface area contributed by atoms with Crippen LogP contribution in [-0.2, 0) is 19.4 Å². The molecule has 0 bridgehead atoms. The Kier molecular flexibility index (Phi) is 4.29. The molecule has 108 valence electrons. The largest absolute Gasteiger partial charge is 0.305 e. The molecule has 1 aliphatic carbocycles. The van der Waals surface area contributed by atoms with Gasteiger partial charge < -0.3 is 5.32 Å². The predicted octanol–water partition coefficient (Wildman–Crippen LogP) is 5.16. The van der Waals surface area contributed by atoms with Crippen molar-refractivity contribution in [1.29, 1.82) is 0 Å². The van der Waals surface area contributed by atoms with Gasteiger partial charge in [0.15, 0.2) is 0 Å². The fourth-order valence-electron chi connectivity index (χ4n) is 2.82. The molecule has 0 amide bonds. The molecule has 20 heavy (non-hydrogen) atoms. The lowest BCUT2D eigenvalue weighted by Crippen LogP contribution is -2.16. The summed E-state index contributed by atoms with van der Waals surface area (Å²) in [6, 6.07) is 5.23. The molecule has 2 aromatic heterocycles. The average molecular weight is 306 g/mol. The quantitative estimate of drug-likeness (QED) is 0.823. The summed E-state index contributed by atoms with van der Waals surface area (Å²) in [6.45, 7) is 7.69. The van der Waals surface area contributed by atoms with Crippen LogP contribution in [0.5, 0.6) is 0 Å². The topological polar surface area (TPSA) is 12.0 Å². The van der Waals surface area contributed by atoms with Crippen molar-refractivity contribution in [2.24, 2.45) is 0 Å². The van der Waals surface area contributed by atoms with Crippen LogP contribution in [0.1, 0.15) is 56.4 Å². The van der Waals surface area contributed by atoms with E-state index in [0.717, 1.165) is 6.54 Å². The van der Waals surface area contributed by atoms with Gasteiger partial charge in [-0.05, 0) is 69.7 Å². The van der Waals surface area contributed by atoms with Crippen LogP contribution in [0.2, 0.25) is 0 Å². The predicted molar refractivity (Wildman–Crippen MR) is 90.0 cm³/mol. The number of hydrogen-bond donors (Lipinski definition) is 1. The highest BCUT2D eigenvalue weighted by Gasteiger charge is 2.16. The molecule has 0 aliphatic heterocycles. The van der Waals surface area contributed by atoms with Gasteiger partial charge in [-0.1, -0.05) is 0 Å². The third-order valence-electron chi connectivity index (χ3n) is 4.24. The Bertz CT molecular complexity index is 551. The van der Waals surface area contributed by atoms with E-state index in [9.17, 15) is 0 Å². The lowest BCUT2D eigenvalue weighted by atomic mass is 9.99. The molecule has 0 aromatic carbocycles. The van der Waals surface area contributed by atoms with E-state index in [0.29, 0.717) is 6.04 Å². The van der Waals surface area contributed by atoms with Crippen molar-refractivity contribution in [2.75, 3.05) is 0 Å². The molecule has 0 saturated carbocycles. The smallest absolute Gasteiger partial charge is 0.0389 e. The van der Waals surface area contributed by atoms with Crippen molar-refractivity contribution < 1.29 is 0 Å². The zero-order valence-corrected chi connectivity index (χ0v) is 14.2. The fraction of sp³-hybridized carbons (Fsp3) is 0.529. The molecule has 2 aromatic rings. The van der Waals surface area contributed by atoms with Gasteiger partial charge in [-0.2, -0.15) is 0 Å². The van der Waals surface area contributed by atoms with Gasteiger partial charge in [-0.3, -0.25) is 0 Å². The molecule has 0 spiro atoms. The minimum Gasteiger partial charge on any atom is -0.305 e. The molecule has 0 fully saturated rings. The lowest BCUT2D eigenvalue weighted by Gasteiger charge is -2.10. The van der Waals surface area contributed by atoms with E-state index in [4.69, 9.17) is 0 Å². The molecule has 1 unspecified atom stereocenters. The maximum Gasteiger partial charge on any atom is 0.0389 e. The highest BCUT2D eigenvalue weighted by atomic mass is 32.1. The second-order valence-electron chi connectivity index (χ2n) is 5.86. The van der Waals surface area contributed by atoms with Gasteiger partial charge in [0.05, 0.1) is 0 Å². The van der Waals surface area contributed by atoms with Crippen molar-refractivity contribution in [2.45, 2.75) is 59.0 Å². The molecule has 1 nitrogen and oxygen atoms in total. The van der Waals surface area contributed by atoms with Crippen molar-refractivity contribution >= 4 is 22.7 Å². The second-order valence-corrected chi connectivity index (χ2v) is 8.37. The summed E-state index contributed by atoms with van der Waals surface area (Å²) >= 11 is 3.95. The Morgan fingerprint density at radius 2 is 1.95 bits per heavy atom. The van der Waals surface area contributed by atoms with E-state index in [-0.39, 0.29) is 0 Å². The minimum atomic E-state index is 0.466. The highest BCUT2D eigenvalue weighted by Crippen LogP contribution is 2.33. The number of rotatable bonds is 4. The third kappa shape index (κ3) is 3.00. The molecule has 3 rings (SSSR count). The molecule has 0 radical (unpaired) electrons. The zero-order chi connectivity index (χ0) is 14.1. The van der Waals surface area contributed by atoms with Gasteiger partial charge in [0.1, 0.15) is 0 Å². The Labute approximate surface area is 130 Å². The van der Waals surface area contributed by atoms with E-state index in [1.807, 2.05) is 22.7 Å². The fourth-order valence-corrected chi connectivity index (χ4v) is 5.11. The maximum absolute atomic E-state index is 3.69. The molecule has 3 heteroatoms. The number of hydrogen-bond acceptors (Lipinski definition) is 3. The van der Waals surface area contributed by atoms with Crippen molar-refractivity contribution in [1.82, 2.24) is 5.32 Å². The Hall–Kier alpha value is -0.640. The first-order valence-corrected chi connectivity index (χ1v) is 9.17. The monoisotopic (exact) mass is 305 g/mol. The van der Waals surface area contributed by atoms with Gasteiger partial charge >= 0.3 is 0 Å². The van der Waals surface area contributed by atoms with Crippen LogP contribution in [0, 0.1) is 13.8 Å². The SMILES string of the molecule is Cc1cc(CNC(C)c2cc3c(s2)CCCC3)sc1C. The van der Waals surface area contributed by atoms with Crippen LogP contribution in [-0.4, -0.2) is 0 Å². The number of nitrogens with one attached hydrogen (secondary N) is 1. The summed E-state index contributed by atoms with van der Waals surface area (Å²) in [6.07, 6.45) is 5.35. The van der Waals surface area contributed by atoms with E-state index in [1.165, 1.54) is 45.9 Å². The standard InChI is InChI=1S/C17H23NS2/c1-11-8-15(19-13(11)3)10-18-12(2)17-9-14-6-4-5-7-16(14)20-17/h8-9,12,18H,4-7,10H2,1-3H3. The first-order valence-electron chi connectivity index (χ1n) is 7.54. The molecule has 0 saturated heterocycles. The Balaban J connectivity index is 1.64. The Morgan fingerprint density at radius 3 is 2.65 bits per heavy atom. The average Bonchev–Trinajstić information content (AvgIpc) is 3.00. The van der Waals surface area contributed by atoms with Crippen molar-refractivity contribution in [3.05, 3.63) is 42.8 Å². The van der Waals surface area contributed by atoms with Crippen LogP contribution in [0.4, 0.5) is 0 Å². The molecule has 1 N–H and O–H groups in total. The van der Waals surface area contributed by atoms with Crippen LogP contribution in [0.15, 0.2) is 12.1 Å². The second kappa shape index (κ2) is 6.00. The number of thiophene rings is 2. The van der Waals surface area contributed by atoms with E-state index in [2.05, 4.69) is 38.2 Å². The normalized spacial score (nSPS) is 16.1. The minimum absolute atomic E-state index is 0.466. The molecule has 2 heterocycles. The zero-order valence-electron chi connectivity index (χ0n) is 12.6. The van der Waals surface area contributed by atoms with Gasteiger partial charge in [-0.15, -0.1) is 22.7 Å². The van der Waals surface area contributed by atoms with Gasteiger partial charge in [-0.25, -0.2) is 0 Å². The van der Waals surface area contributed by atoms with Crippen LogP contribution in [0.25, 0.3) is 0 Å². The first kappa shape index (κ1) is 14.3. The summed E-state index contributed by atoms with van der Waals surface area (Å²) in [4.78, 5) is 6.05. The highest BCUT2D eigenvalue weighted by molar-refractivity contribution is 7.12. The number of fused-ring (bicyclic) bond motifs is 1. The maximum atomic E-state index is 3.69. The summed E-state index contributed by atoms with van der Waals surface area (Å²) in [5.74, 6) is 0. The van der Waals surface area contributed by atoms with Gasteiger partial charge in [0, 0.05) is 32.1 Å². The third-order valence-corrected chi connectivity index (χ3v) is 6.81. The molecular formula is C17H23NS2. The van der Waals surface area contributed by atoms with Gasteiger partial charge in [0.2, 0.25) is 0 Å². The molecule has 1 aliphatic rings. The summed E-state index contributed by atoms with van der Waals surface area (Å²) < 4.78 is 0. The van der Waals surface area contributed by atoms with Crippen LogP contribution < -0.4 is 5.32 Å². The van der Waals surface area contributed by atoms with E-state index >= 15 is 0 Å². The first-order chi connectivity index (χ1) is 9.63. The Morgan fingerprint density at radius 1 is 1.15 bits per heavy atom. The summed E-state index contributed by atoms with van der Waals surface area (Å²) in [7, 11) is 0. The van der Waals surface area contributed by atoms with Crippen LogP contribution >= 0.6 is 22.7 Å². The van der Waals surface area contributed by atoms with Crippen molar-refractivity contribution in [3.63, 3.8) is 0 Å². The van der Waals surface area contributed by atoms with Crippen molar-refractivity contribution in [3.8, 4) is 0 Å². The van der Waals surface area contributed by atoms with Crippen LogP contribution in [0.3, 0.4) is 0 Å².